The summed E-state index contributed by atoms with van der Waals surface area (Å²) in [6, 6.07) is 6.21. The number of nitrogens with zero attached hydrogens (tertiary/aromatic N) is 1. The summed E-state index contributed by atoms with van der Waals surface area (Å²) in [5.41, 5.74) is 5.08. The monoisotopic (exact) mass is 417 g/mol. The normalized spacial score (nSPS) is 11.6. The maximum Gasteiger partial charge on any atom is 0.338 e. The predicted octanol–water partition coefficient (Wildman–Crippen LogP) is 3.52. The summed E-state index contributed by atoms with van der Waals surface area (Å²) in [4.78, 5) is 25.3. The van der Waals surface area contributed by atoms with Crippen molar-refractivity contribution in [2.24, 2.45) is 0 Å². The molecular weight excluding hydrogens is 390 g/mol. The van der Waals surface area contributed by atoms with E-state index in [1.807, 2.05) is 33.8 Å². The molecule has 0 N–H and O–H groups in total. The molecule has 0 aromatic heterocycles. The summed E-state index contributed by atoms with van der Waals surface area (Å²) in [5, 5.41) is 0. The summed E-state index contributed by atoms with van der Waals surface area (Å²) >= 11 is 0. The first kappa shape index (κ1) is 22.8. The van der Waals surface area contributed by atoms with Crippen molar-refractivity contribution in [2.75, 3.05) is 20.7 Å². The summed E-state index contributed by atoms with van der Waals surface area (Å²) in [5.74, 6) is -1.02. The van der Waals surface area contributed by atoms with E-state index in [0.717, 1.165) is 26.6 Å². The third kappa shape index (κ3) is 4.57. The average Bonchev–Trinajstić information content (AvgIpc) is 2.64. The van der Waals surface area contributed by atoms with Crippen LogP contribution in [0.1, 0.15) is 48.5 Å². The van der Waals surface area contributed by atoms with Gasteiger partial charge in [-0.15, -0.1) is 0 Å². The molecule has 0 aliphatic heterocycles. The zero-order valence-corrected chi connectivity index (χ0v) is 18.7. The van der Waals surface area contributed by atoms with E-state index in [9.17, 15) is 18.0 Å². The Bertz CT molecular complexity index is 1080. The first-order valence-electron chi connectivity index (χ1n) is 9.18. The number of ether oxygens (including phenoxy) is 1. The Labute approximate surface area is 172 Å². The molecule has 0 heterocycles. The van der Waals surface area contributed by atoms with Crippen LogP contribution in [-0.4, -0.2) is 45.2 Å². The summed E-state index contributed by atoms with van der Waals surface area (Å²) in [6.45, 7) is 8.95. The van der Waals surface area contributed by atoms with E-state index in [0.29, 0.717) is 11.1 Å². The number of aryl methyl sites for hydroxylation is 3. The Morgan fingerprint density at radius 2 is 1.52 bits per heavy atom. The number of rotatable bonds is 6. The average molecular weight is 418 g/mol. The molecule has 2 aromatic rings. The highest BCUT2D eigenvalue weighted by Crippen LogP contribution is 2.23. The molecule has 0 aliphatic carbocycles. The van der Waals surface area contributed by atoms with Crippen molar-refractivity contribution >= 4 is 21.8 Å². The minimum atomic E-state index is -3.69. The molecule has 0 unspecified atom stereocenters. The number of hydrogen-bond acceptors (Lipinski definition) is 5. The summed E-state index contributed by atoms with van der Waals surface area (Å²) in [7, 11) is -0.852. The highest BCUT2D eigenvalue weighted by atomic mass is 32.2. The third-order valence-corrected chi connectivity index (χ3v) is 6.99. The van der Waals surface area contributed by atoms with Crippen LogP contribution in [-0.2, 0) is 14.8 Å². The molecule has 0 spiro atoms. The molecule has 2 rings (SSSR count). The fourth-order valence-corrected chi connectivity index (χ4v) is 4.11. The molecule has 0 fully saturated rings. The lowest BCUT2D eigenvalue weighted by atomic mass is 9.92. The van der Waals surface area contributed by atoms with Crippen molar-refractivity contribution in [1.82, 2.24) is 4.31 Å². The second-order valence-corrected chi connectivity index (χ2v) is 9.55. The number of carbonyl (C=O) groups is 2. The lowest BCUT2D eigenvalue weighted by Gasteiger charge is -2.15. The van der Waals surface area contributed by atoms with E-state index in [1.165, 1.54) is 26.2 Å². The number of carbonyl (C=O) groups excluding carboxylic acids is 2. The molecule has 2 aromatic carbocycles. The number of Topliss-reactive ketones (excluding diaryl/α,β-unsaturated/α-hetero) is 1. The van der Waals surface area contributed by atoms with Gasteiger partial charge < -0.3 is 4.74 Å². The second-order valence-electron chi connectivity index (χ2n) is 7.40. The molecule has 0 bridgehead atoms. The minimum absolute atomic E-state index is 0.00720. The smallest absolute Gasteiger partial charge is 0.338 e. The standard InChI is InChI=1S/C22H27NO5S/c1-13-8-9-18(29(26,27)23(6)7)11-19(13)22(25)28-12-20(24)21-15(3)10-14(2)16(4)17(21)5/h8-11H,12H2,1-7H3. The molecular formula is C22H27NO5S. The van der Waals surface area contributed by atoms with Crippen LogP contribution in [0.5, 0.6) is 0 Å². The first-order chi connectivity index (χ1) is 13.4. The van der Waals surface area contributed by atoms with Crippen LogP contribution in [0.4, 0.5) is 0 Å². The van der Waals surface area contributed by atoms with Gasteiger partial charge in [-0.2, -0.15) is 0 Å². The van der Waals surface area contributed by atoms with Gasteiger partial charge in [0.15, 0.2) is 6.61 Å². The highest BCUT2D eigenvalue weighted by Gasteiger charge is 2.22. The lowest BCUT2D eigenvalue weighted by Crippen LogP contribution is -2.23. The van der Waals surface area contributed by atoms with Gasteiger partial charge in [0, 0.05) is 19.7 Å². The Hall–Kier alpha value is -2.51. The van der Waals surface area contributed by atoms with Gasteiger partial charge in [0.05, 0.1) is 10.5 Å². The first-order valence-corrected chi connectivity index (χ1v) is 10.6. The summed E-state index contributed by atoms with van der Waals surface area (Å²) in [6.07, 6.45) is 0. The molecule has 0 amide bonds. The van der Waals surface area contributed by atoms with Crippen molar-refractivity contribution in [3.63, 3.8) is 0 Å². The summed E-state index contributed by atoms with van der Waals surface area (Å²) < 4.78 is 31.0. The van der Waals surface area contributed by atoms with Gasteiger partial charge in [-0.1, -0.05) is 12.1 Å². The fourth-order valence-electron chi connectivity index (χ4n) is 3.19. The molecule has 0 saturated carbocycles. The third-order valence-electron chi connectivity index (χ3n) is 5.18. The van der Waals surface area contributed by atoms with Crippen molar-refractivity contribution in [3.8, 4) is 0 Å². The molecule has 6 nitrogen and oxygen atoms in total. The van der Waals surface area contributed by atoms with E-state index >= 15 is 0 Å². The van der Waals surface area contributed by atoms with Crippen molar-refractivity contribution in [2.45, 2.75) is 39.5 Å². The maximum atomic E-state index is 12.7. The fraction of sp³-hybridized carbons (Fsp3) is 0.364. The molecule has 0 saturated heterocycles. The number of esters is 1. The molecule has 7 heteroatoms. The van der Waals surface area contributed by atoms with Gasteiger partial charge >= 0.3 is 5.97 Å². The SMILES string of the molecule is Cc1ccc(S(=O)(=O)N(C)C)cc1C(=O)OCC(=O)c1c(C)cc(C)c(C)c1C. The largest absolute Gasteiger partial charge is 0.454 e. The lowest BCUT2D eigenvalue weighted by molar-refractivity contribution is 0.0473. The Morgan fingerprint density at radius 3 is 2.10 bits per heavy atom. The Morgan fingerprint density at radius 1 is 0.897 bits per heavy atom. The van der Waals surface area contributed by atoms with E-state index in [1.54, 1.807) is 13.0 Å². The molecule has 0 atom stereocenters. The Kier molecular flexibility index (Phi) is 6.65. The van der Waals surface area contributed by atoms with Crippen LogP contribution in [0.2, 0.25) is 0 Å². The number of hydrogen-bond donors (Lipinski definition) is 0. The van der Waals surface area contributed by atoms with Gasteiger partial charge in [-0.3, -0.25) is 4.79 Å². The number of benzene rings is 2. The molecule has 0 aliphatic rings. The van der Waals surface area contributed by atoms with Gasteiger partial charge in [0.25, 0.3) is 0 Å². The van der Waals surface area contributed by atoms with Crippen molar-refractivity contribution in [1.29, 1.82) is 0 Å². The van der Waals surface area contributed by atoms with E-state index in [4.69, 9.17) is 4.74 Å². The van der Waals surface area contributed by atoms with Gasteiger partial charge in [0.1, 0.15) is 0 Å². The number of ketones is 1. The van der Waals surface area contributed by atoms with Crippen LogP contribution < -0.4 is 0 Å². The van der Waals surface area contributed by atoms with Crippen LogP contribution >= 0.6 is 0 Å². The van der Waals surface area contributed by atoms with Crippen molar-refractivity contribution < 1.29 is 22.7 Å². The van der Waals surface area contributed by atoms with E-state index in [-0.39, 0.29) is 16.2 Å². The van der Waals surface area contributed by atoms with Gasteiger partial charge in [0.2, 0.25) is 15.8 Å². The van der Waals surface area contributed by atoms with Gasteiger partial charge in [-0.25, -0.2) is 17.5 Å². The maximum absolute atomic E-state index is 12.7. The van der Waals surface area contributed by atoms with E-state index in [2.05, 4.69) is 0 Å². The highest BCUT2D eigenvalue weighted by molar-refractivity contribution is 7.89. The Balaban J connectivity index is 2.27. The van der Waals surface area contributed by atoms with Crippen LogP contribution in [0, 0.1) is 34.6 Å². The molecule has 0 radical (unpaired) electrons. The predicted molar refractivity (Wildman–Crippen MR) is 112 cm³/mol. The van der Waals surface area contributed by atoms with Crippen LogP contribution in [0.15, 0.2) is 29.2 Å². The zero-order valence-electron chi connectivity index (χ0n) is 17.9. The van der Waals surface area contributed by atoms with E-state index < -0.39 is 22.6 Å². The molecule has 156 valence electrons. The van der Waals surface area contributed by atoms with Crippen molar-refractivity contribution in [3.05, 3.63) is 63.2 Å². The topological polar surface area (TPSA) is 80.8 Å². The second kappa shape index (κ2) is 8.47. The molecule has 29 heavy (non-hydrogen) atoms. The van der Waals surface area contributed by atoms with Gasteiger partial charge in [-0.05, 0) is 74.6 Å². The minimum Gasteiger partial charge on any atom is -0.454 e. The number of sulfonamides is 1. The van der Waals surface area contributed by atoms with Crippen LogP contribution in [0.3, 0.4) is 0 Å². The quantitative estimate of drug-likeness (QED) is 0.531. The zero-order chi connectivity index (χ0) is 22.1. The van der Waals surface area contributed by atoms with Crippen LogP contribution in [0.25, 0.3) is 0 Å².